The van der Waals surface area contributed by atoms with Gasteiger partial charge in [0.15, 0.2) is 5.84 Å². The Morgan fingerprint density at radius 3 is 3.11 bits per heavy atom. The molecule has 2 aromatic heterocycles. The summed E-state index contributed by atoms with van der Waals surface area (Å²) < 4.78 is 0. The van der Waals surface area contributed by atoms with E-state index in [-0.39, 0.29) is 5.84 Å². The molecule has 2 aromatic rings. The molecule has 19 heavy (non-hydrogen) atoms. The van der Waals surface area contributed by atoms with Crippen molar-refractivity contribution in [1.82, 2.24) is 10.3 Å². The summed E-state index contributed by atoms with van der Waals surface area (Å²) in [5.41, 5.74) is 7.03. The Labute approximate surface area is 115 Å². The van der Waals surface area contributed by atoms with Gasteiger partial charge in [-0.15, -0.1) is 11.3 Å². The Hall–Kier alpha value is -1.92. The Morgan fingerprint density at radius 1 is 1.58 bits per heavy atom. The fraction of sp³-hybridized carbons (Fsp3) is 0.231. The maximum Gasteiger partial charge on any atom is 0.188 e. The standard InChI is InChI=1S/C13H16N4OS/c1-9(12-3-2-6-19-12)16-8-10-4-5-15-11(7-10)13(14)17-18/h2-7,9,16,18H,8H2,1H3,(H2,14,17). The smallest absolute Gasteiger partial charge is 0.188 e. The van der Waals surface area contributed by atoms with E-state index in [0.717, 1.165) is 5.56 Å². The summed E-state index contributed by atoms with van der Waals surface area (Å²) in [4.78, 5) is 5.34. The third-order valence-electron chi connectivity index (χ3n) is 2.78. The molecule has 0 amide bonds. The molecule has 1 unspecified atom stereocenters. The average molecular weight is 276 g/mol. The topological polar surface area (TPSA) is 83.5 Å². The largest absolute Gasteiger partial charge is 0.409 e. The SMILES string of the molecule is CC(NCc1ccnc(C(N)=NO)c1)c1cccs1. The number of oxime groups is 1. The van der Waals surface area contributed by atoms with Crippen LogP contribution in [-0.2, 0) is 6.54 Å². The predicted molar refractivity (Wildman–Crippen MR) is 76.3 cm³/mol. The number of nitrogens with zero attached hydrogens (tertiary/aromatic N) is 2. The lowest BCUT2D eigenvalue weighted by molar-refractivity contribution is 0.318. The van der Waals surface area contributed by atoms with Gasteiger partial charge in [0.25, 0.3) is 0 Å². The molecule has 0 aliphatic carbocycles. The summed E-state index contributed by atoms with van der Waals surface area (Å²) in [6.45, 7) is 2.82. The Bertz CT molecular complexity index is 554. The van der Waals surface area contributed by atoms with E-state index in [1.807, 2.05) is 18.2 Å². The number of hydrogen-bond donors (Lipinski definition) is 3. The lowest BCUT2D eigenvalue weighted by Gasteiger charge is -2.12. The van der Waals surface area contributed by atoms with Gasteiger partial charge >= 0.3 is 0 Å². The van der Waals surface area contributed by atoms with Crippen molar-refractivity contribution >= 4 is 17.2 Å². The van der Waals surface area contributed by atoms with Crippen molar-refractivity contribution in [3.05, 3.63) is 52.0 Å². The summed E-state index contributed by atoms with van der Waals surface area (Å²) in [7, 11) is 0. The van der Waals surface area contributed by atoms with Gasteiger partial charge in [-0.3, -0.25) is 4.98 Å². The van der Waals surface area contributed by atoms with E-state index in [4.69, 9.17) is 10.9 Å². The highest BCUT2D eigenvalue weighted by Gasteiger charge is 2.07. The van der Waals surface area contributed by atoms with Crippen LogP contribution in [0.15, 0.2) is 41.0 Å². The maximum atomic E-state index is 8.63. The summed E-state index contributed by atoms with van der Waals surface area (Å²) in [6.07, 6.45) is 1.65. The predicted octanol–water partition coefficient (Wildman–Crippen LogP) is 2.09. The van der Waals surface area contributed by atoms with Gasteiger partial charge in [-0.2, -0.15) is 0 Å². The molecule has 0 bridgehead atoms. The molecule has 100 valence electrons. The average Bonchev–Trinajstić information content (AvgIpc) is 2.98. The summed E-state index contributed by atoms with van der Waals surface area (Å²) in [5.74, 6) is 0.0214. The van der Waals surface area contributed by atoms with Crippen molar-refractivity contribution in [1.29, 1.82) is 0 Å². The van der Waals surface area contributed by atoms with E-state index < -0.39 is 0 Å². The van der Waals surface area contributed by atoms with Gasteiger partial charge in [-0.25, -0.2) is 0 Å². The van der Waals surface area contributed by atoms with E-state index in [1.165, 1.54) is 4.88 Å². The molecule has 0 aromatic carbocycles. The van der Waals surface area contributed by atoms with E-state index in [1.54, 1.807) is 17.5 Å². The summed E-state index contributed by atoms with van der Waals surface area (Å²) >= 11 is 1.73. The van der Waals surface area contributed by atoms with E-state index in [0.29, 0.717) is 18.3 Å². The molecule has 0 saturated heterocycles. The second-order valence-electron chi connectivity index (χ2n) is 4.15. The van der Waals surface area contributed by atoms with Crippen molar-refractivity contribution in [2.75, 3.05) is 0 Å². The Kier molecular flexibility index (Phi) is 4.48. The molecular weight excluding hydrogens is 260 g/mol. The monoisotopic (exact) mass is 276 g/mol. The van der Waals surface area contributed by atoms with Crippen LogP contribution in [0.3, 0.4) is 0 Å². The van der Waals surface area contributed by atoms with Crippen LogP contribution in [0.5, 0.6) is 0 Å². The molecule has 5 nitrogen and oxygen atoms in total. The third-order valence-corrected chi connectivity index (χ3v) is 3.83. The second kappa shape index (κ2) is 6.31. The third kappa shape index (κ3) is 3.52. The number of aromatic nitrogens is 1. The van der Waals surface area contributed by atoms with Crippen molar-refractivity contribution in [3.63, 3.8) is 0 Å². The van der Waals surface area contributed by atoms with Crippen molar-refractivity contribution < 1.29 is 5.21 Å². The molecule has 0 aliphatic heterocycles. The van der Waals surface area contributed by atoms with Crippen molar-refractivity contribution in [2.24, 2.45) is 10.9 Å². The first-order chi connectivity index (χ1) is 9.20. The molecule has 6 heteroatoms. The molecule has 0 radical (unpaired) electrons. The number of hydrogen-bond acceptors (Lipinski definition) is 5. The Balaban J connectivity index is 2.00. The van der Waals surface area contributed by atoms with Crippen LogP contribution in [0.4, 0.5) is 0 Å². The molecule has 0 fully saturated rings. The first kappa shape index (κ1) is 13.5. The number of amidine groups is 1. The lowest BCUT2D eigenvalue weighted by atomic mass is 10.2. The molecule has 4 N–H and O–H groups in total. The van der Waals surface area contributed by atoms with Crippen molar-refractivity contribution in [2.45, 2.75) is 19.5 Å². The van der Waals surface area contributed by atoms with E-state index in [9.17, 15) is 0 Å². The minimum atomic E-state index is 0.0214. The van der Waals surface area contributed by atoms with Crippen LogP contribution in [0, 0.1) is 0 Å². The molecule has 2 rings (SSSR count). The van der Waals surface area contributed by atoms with E-state index >= 15 is 0 Å². The minimum absolute atomic E-state index is 0.0214. The minimum Gasteiger partial charge on any atom is -0.409 e. The zero-order valence-electron chi connectivity index (χ0n) is 10.6. The van der Waals surface area contributed by atoms with Gasteiger partial charge in [-0.05, 0) is 36.1 Å². The number of nitrogens with two attached hydrogens (primary N) is 1. The van der Waals surface area contributed by atoms with Gasteiger partial charge in [-0.1, -0.05) is 11.2 Å². The number of nitrogens with one attached hydrogen (secondary N) is 1. The van der Waals surface area contributed by atoms with Gasteiger partial charge in [0.1, 0.15) is 5.69 Å². The van der Waals surface area contributed by atoms with Gasteiger partial charge < -0.3 is 16.3 Å². The van der Waals surface area contributed by atoms with Crippen LogP contribution in [-0.4, -0.2) is 16.0 Å². The maximum absolute atomic E-state index is 8.63. The number of thiophene rings is 1. The highest BCUT2D eigenvalue weighted by atomic mass is 32.1. The van der Waals surface area contributed by atoms with Crippen LogP contribution in [0.2, 0.25) is 0 Å². The quantitative estimate of drug-likeness (QED) is 0.338. The van der Waals surface area contributed by atoms with Crippen LogP contribution >= 0.6 is 11.3 Å². The number of pyridine rings is 1. The molecule has 0 aliphatic rings. The summed E-state index contributed by atoms with van der Waals surface area (Å²) in [6, 6.07) is 8.16. The molecule has 1 atom stereocenters. The molecular formula is C13H16N4OS. The van der Waals surface area contributed by atoms with E-state index in [2.05, 4.69) is 33.8 Å². The molecule has 0 spiro atoms. The summed E-state index contributed by atoms with van der Waals surface area (Å²) in [5, 5.41) is 17.1. The van der Waals surface area contributed by atoms with Gasteiger partial charge in [0.05, 0.1) is 0 Å². The highest BCUT2D eigenvalue weighted by molar-refractivity contribution is 7.10. The van der Waals surface area contributed by atoms with Crippen molar-refractivity contribution in [3.8, 4) is 0 Å². The van der Waals surface area contributed by atoms with Crippen LogP contribution in [0.1, 0.15) is 29.1 Å². The fourth-order valence-corrected chi connectivity index (χ4v) is 2.44. The first-order valence-electron chi connectivity index (χ1n) is 5.90. The molecule has 0 saturated carbocycles. The second-order valence-corrected chi connectivity index (χ2v) is 5.13. The first-order valence-corrected chi connectivity index (χ1v) is 6.78. The van der Waals surface area contributed by atoms with Crippen LogP contribution in [0.25, 0.3) is 0 Å². The number of rotatable bonds is 5. The zero-order valence-corrected chi connectivity index (χ0v) is 11.4. The molecule has 2 heterocycles. The fourth-order valence-electron chi connectivity index (χ4n) is 1.68. The van der Waals surface area contributed by atoms with Crippen LogP contribution < -0.4 is 11.1 Å². The van der Waals surface area contributed by atoms with Gasteiger partial charge in [0, 0.05) is 23.7 Å². The lowest BCUT2D eigenvalue weighted by Crippen LogP contribution is -2.19. The zero-order chi connectivity index (χ0) is 13.7. The highest BCUT2D eigenvalue weighted by Crippen LogP contribution is 2.18. The normalized spacial score (nSPS) is 13.4. The Morgan fingerprint density at radius 2 is 2.42 bits per heavy atom. The van der Waals surface area contributed by atoms with Gasteiger partial charge in [0.2, 0.25) is 0 Å².